The van der Waals surface area contributed by atoms with E-state index < -0.39 is 18.3 Å². The van der Waals surface area contributed by atoms with Crippen LogP contribution < -0.4 is 5.46 Å². The minimum Gasteiger partial charge on any atom is -0.399 e. The zero-order valence-electron chi connectivity index (χ0n) is 27.5. The largest absolute Gasteiger partial charge is 0.494 e. The Bertz CT molecular complexity index is 1360. The molecule has 5 rings (SSSR count). The van der Waals surface area contributed by atoms with E-state index in [9.17, 15) is 0 Å². The van der Waals surface area contributed by atoms with E-state index in [1.165, 1.54) is 5.56 Å². The minimum absolute atomic E-state index is 0.0675. The second-order valence-electron chi connectivity index (χ2n) is 13.6. The van der Waals surface area contributed by atoms with Gasteiger partial charge in [-0.3, -0.25) is 0 Å². The Morgan fingerprint density at radius 1 is 0.841 bits per heavy atom. The third kappa shape index (κ3) is 7.06. The van der Waals surface area contributed by atoms with Crippen LogP contribution in [0.1, 0.15) is 69.7 Å². The van der Waals surface area contributed by atoms with Crippen molar-refractivity contribution >= 4 is 12.6 Å². The summed E-state index contributed by atoms with van der Waals surface area (Å²) in [5, 5.41) is 0. The van der Waals surface area contributed by atoms with Crippen molar-refractivity contribution in [2.45, 2.75) is 97.1 Å². The molecule has 2 saturated heterocycles. The molecule has 3 aromatic carbocycles. The Kier molecular flexibility index (Phi) is 10.2. The molecule has 0 spiro atoms. The summed E-state index contributed by atoms with van der Waals surface area (Å²) >= 11 is 0. The normalized spacial score (nSPS) is 26.8. The Labute approximate surface area is 265 Å². The maximum Gasteiger partial charge on any atom is 0.494 e. The van der Waals surface area contributed by atoms with Crippen molar-refractivity contribution in [1.82, 2.24) is 0 Å². The highest BCUT2D eigenvalue weighted by Gasteiger charge is 2.52. The number of ether oxygens (including phenoxy) is 3. The summed E-state index contributed by atoms with van der Waals surface area (Å²) < 4.78 is 32.6. The minimum atomic E-state index is -0.408. The smallest absolute Gasteiger partial charge is 0.399 e. The molecule has 0 saturated carbocycles. The average Bonchev–Trinajstić information content (AvgIpc) is 3.23. The van der Waals surface area contributed by atoms with E-state index in [0.717, 1.165) is 22.2 Å². The van der Waals surface area contributed by atoms with Crippen LogP contribution in [0.5, 0.6) is 0 Å². The summed E-state index contributed by atoms with van der Waals surface area (Å²) in [6, 6.07) is 27.1. The zero-order valence-corrected chi connectivity index (χ0v) is 27.5. The van der Waals surface area contributed by atoms with Gasteiger partial charge in [-0.25, -0.2) is 0 Å². The van der Waals surface area contributed by atoms with E-state index in [1.807, 2.05) is 30.3 Å². The monoisotopic (exact) mass is 596 g/mol. The van der Waals surface area contributed by atoms with E-state index >= 15 is 0 Å². The van der Waals surface area contributed by atoms with Crippen LogP contribution in [0.2, 0.25) is 0 Å². The second kappa shape index (κ2) is 13.7. The van der Waals surface area contributed by atoms with Crippen molar-refractivity contribution in [2.75, 3.05) is 6.61 Å². The number of rotatable bonds is 11. The van der Waals surface area contributed by atoms with Crippen LogP contribution in [-0.4, -0.2) is 43.2 Å². The molecule has 2 unspecified atom stereocenters. The molecule has 234 valence electrons. The van der Waals surface area contributed by atoms with Gasteiger partial charge in [0.15, 0.2) is 0 Å². The van der Waals surface area contributed by atoms with Crippen LogP contribution in [-0.2, 0) is 36.7 Å². The van der Waals surface area contributed by atoms with Gasteiger partial charge in [0.1, 0.15) is 0 Å². The van der Waals surface area contributed by atoms with Crippen molar-refractivity contribution in [3.8, 4) is 0 Å². The maximum atomic E-state index is 6.98. The first-order valence-electron chi connectivity index (χ1n) is 16.0. The van der Waals surface area contributed by atoms with Gasteiger partial charge >= 0.3 is 7.12 Å². The SMILES string of the molecule is C=C[C@H](c1ccc(B2OC(C)(C)C(C)(C)O2)cc1C)[C@H]1OC(COCc2ccccc2)[C@@H](C)[C@H](C)C1OCc1ccccc1. The van der Waals surface area contributed by atoms with Crippen molar-refractivity contribution in [3.63, 3.8) is 0 Å². The topological polar surface area (TPSA) is 46.2 Å². The fourth-order valence-corrected chi connectivity index (χ4v) is 6.34. The molecule has 2 heterocycles. The van der Waals surface area contributed by atoms with Crippen LogP contribution in [0.25, 0.3) is 0 Å². The van der Waals surface area contributed by atoms with E-state index in [1.54, 1.807) is 0 Å². The van der Waals surface area contributed by atoms with Crippen molar-refractivity contribution in [1.29, 1.82) is 0 Å². The molecule has 5 nitrogen and oxygen atoms in total. The molecule has 0 aromatic heterocycles. The zero-order chi connectivity index (χ0) is 31.5. The Balaban J connectivity index is 1.39. The summed E-state index contributed by atoms with van der Waals surface area (Å²) in [4.78, 5) is 0. The predicted molar refractivity (Wildman–Crippen MR) is 178 cm³/mol. The van der Waals surface area contributed by atoms with E-state index in [2.05, 4.69) is 110 Å². The van der Waals surface area contributed by atoms with Crippen molar-refractivity contribution in [3.05, 3.63) is 114 Å². The first-order valence-corrected chi connectivity index (χ1v) is 16.0. The van der Waals surface area contributed by atoms with Gasteiger partial charge in [-0.15, -0.1) is 6.58 Å². The summed E-state index contributed by atoms with van der Waals surface area (Å²) in [6.45, 7) is 20.9. The standard InChI is InChI=1S/C38H49BO5/c1-9-32(33-21-20-31(22-26(33)2)39-43-37(5,6)38(7,8)44-39)36-35(41-24-30-18-14-11-15-19-30)28(4)27(3)34(42-36)25-40-23-29-16-12-10-13-17-29/h9-22,27-28,32,34-36H,1,23-25H2,2-8H3/t27-,28-,32+,34?,35?,36+/m0/s1. The lowest BCUT2D eigenvalue weighted by Crippen LogP contribution is -2.53. The first-order chi connectivity index (χ1) is 21.0. The van der Waals surface area contributed by atoms with Gasteiger partial charge < -0.3 is 23.5 Å². The fraction of sp³-hybridized carbons (Fsp3) is 0.474. The highest BCUT2D eigenvalue weighted by molar-refractivity contribution is 6.62. The second-order valence-corrected chi connectivity index (χ2v) is 13.6. The average molecular weight is 597 g/mol. The molecule has 0 N–H and O–H groups in total. The number of hydrogen-bond donors (Lipinski definition) is 0. The van der Waals surface area contributed by atoms with Crippen LogP contribution in [0.3, 0.4) is 0 Å². The summed E-state index contributed by atoms with van der Waals surface area (Å²) in [7, 11) is -0.408. The Morgan fingerprint density at radius 2 is 1.43 bits per heavy atom. The lowest BCUT2D eigenvalue weighted by Gasteiger charge is -2.47. The molecule has 2 aliphatic rings. The van der Waals surface area contributed by atoms with Crippen LogP contribution in [0, 0.1) is 18.8 Å². The van der Waals surface area contributed by atoms with Crippen LogP contribution in [0.15, 0.2) is 91.5 Å². The maximum absolute atomic E-state index is 6.98. The third-order valence-corrected chi connectivity index (χ3v) is 10.1. The van der Waals surface area contributed by atoms with Gasteiger partial charge in [-0.1, -0.05) is 98.8 Å². The third-order valence-electron chi connectivity index (χ3n) is 10.1. The van der Waals surface area contributed by atoms with Crippen molar-refractivity contribution < 1.29 is 23.5 Å². The number of hydrogen-bond acceptors (Lipinski definition) is 5. The summed E-state index contributed by atoms with van der Waals surface area (Å²) in [5.74, 6) is 0.421. The molecular formula is C38H49BO5. The highest BCUT2D eigenvalue weighted by Crippen LogP contribution is 2.41. The fourth-order valence-electron chi connectivity index (χ4n) is 6.34. The summed E-state index contributed by atoms with van der Waals surface area (Å²) in [6.07, 6.45) is 1.60. The Hall–Kier alpha value is -2.74. The quantitative estimate of drug-likeness (QED) is 0.171. The molecule has 2 aliphatic heterocycles. The lowest BCUT2D eigenvalue weighted by molar-refractivity contribution is -0.206. The van der Waals surface area contributed by atoms with Gasteiger partial charge in [0.2, 0.25) is 0 Å². The van der Waals surface area contributed by atoms with Gasteiger partial charge in [0.05, 0.1) is 49.3 Å². The highest BCUT2D eigenvalue weighted by atomic mass is 16.7. The molecule has 3 aromatic rings. The summed E-state index contributed by atoms with van der Waals surface area (Å²) in [5.41, 5.74) is 4.86. The molecule has 44 heavy (non-hydrogen) atoms. The predicted octanol–water partition coefficient (Wildman–Crippen LogP) is 7.41. The van der Waals surface area contributed by atoms with Gasteiger partial charge in [0.25, 0.3) is 0 Å². The molecule has 0 radical (unpaired) electrons. The first kappa shape index (κ1) is 32.7. The van der Waals surface area contributed by atoms with E-state index in [0.29, 0.717) is 19.8 Å². The van der Waals surface area contributed by atoms with Crippen LogP contribution >= 0.6 is 0 Å². The van der Waals surface area contributed by atoms with E-state index in [4.69, 9.17) is 23.5 Å². The van der Waals surface area contributed by atoms with Gasteiger partial charge in [-0.2, -0.15) is 0 Å². The molecule has 0 aliphatic carbocycles. The molecule has 2 fully saturated rings. The Morgan fingerprint density at radius 3 is 2.00 bits per heavy atom. The molecule has 6 atom stereocenters. The molecule has 0 amide bonds. The van der Waals surface area contributed by atoms with Gasteiger partial charge in [-0.05, 0) is 74.2 Å². The van der Waals surface area contributed by atoms with E-state index in [-0.39, 0.29) is 36.1 Å². The van der Waals surface area contributed by atoms with Crippen molar-refractivity contribution in [2.24, 2.45) is 11.8 Å². The lowest BCUT2D eigenvalue weighted by atomic mass is 9.74. The molecular weight excluding hydrogens is 547 g/mol. The molecule has 6 heteroatoms. The molecule has 0 bridgehead atoms. The van der Waals surface area contributed by atoms with Gasteiger partial charge in [0, 0.05) is 5.92 Å². The number of benzene rings is 3. The van der Waals surface area contributed by atoms with Crippen LogP contribution in [0.4, 0.5) is 0 Å². The number of aryl methyl sites for hydroxylation is 1.